The van der Waals surface area contributed by atoms with Crippen LogP contribution in [0.4, 0.5) is 0 Å². The van der Waals surface area contributed by atoms with Crippen LogP contribution >= 0.6 is 22.9 Å². The number of thiazole rings is 1. The van der Waals surface area contributed by atoms with Crippen LogP contribution in [0.3, 0.4) is 0 Å². The second-order valence-corrected chi connectivity index (χ2v) is 8.12. The van der Waals surface area contributed by atoms with Gasteiger partial charge in [0.25, 0.3) is 5.91 Å². The van der Waals surface area contributed by atoms with E-state index in [1.807, 2.05) is 48.1 Å². The van der Waals surface area contributed by atoms with Crippen LogP contribution in [0.2, 0.25) is 5.02 Å². The normalized spacial score (nSPS) is 11.3. The van der Waals surface area contributed by atoms with Gasteiger partial charge in [0.2, 0.25) is 0 Å². The number of nitrogens with one attached hydrogen (secondary N) is 1. The van der Waals surface area contributed by atoms with Gasteiger partial charge < -0.3 is 9.30 Å². The zero-order valence-electron chi connectivity index (χ0n) is 16.6. The highest BCUT2D eigenvalue weighted by atomic mass is 35.5. The Morgan fingerprint density at radius 3 is 2.93 bits per heavy atom. The molecule has 6 nitrogen and oxygen atoms in total. The van der Waals surface area contributed by atoms with E-state index in [2.05, 4.69) is 15.5 Å². The molecule has 2 aromatic heterocycles. The van der Waals surface area contributed by atoms with Crippen molar-refractivity contribution in [2.45, 2.75) is 6.92 Å². The Kier molecular flexibility index (Phi) is 5.57. The number of carbonyl (C=O) groups is 1. The molecule has 1 amide bonds. The number of hydrogen-bond donors (Lipinski definition) is 1. The molecular formula is C22H19ClN4O2S. The molecule has 0 saturated heterocycles. The summed E-state index contributed by atoms with van der Waals surface area (Å²) >= 11 is 7.32. The third-order valence-electron chi connectivity index (χ3n) is 4.70. The molecule has 0 bridgehead atoms. The third-order valence-corrected chi connectivity index (χ3v) is 6.12. The van der Waals surface area contributed by atoms with E-state index in [1.165, 1.54) is 11.3 Å². The first-order valence-corrected chi connectivity index (χ1v) is 10.4. The van der Waals surface area contributed by atoms with Gasteiger partial charge in [-0.1, -0.05) is 29.8 Å². The SMILES string of the molecule is COc1cc(Cl)ccc1-c1nc(C)c(C(=O)NN=Cc2cccc3ccn(C)c23)s1. The van der Waals surface area contributed by atoms with E-state index in [0.717, 1.165) is 22.0 Å². The highest BCUT2D eigenvalue weighted by Gasteiger charge is 2.18. The summed E-state index contributed by atoms with van der Waals surface area (Å²) in [6.07, 6.45) is 3.65. The number of halogens is 1. The van der Waals surface area contributed by atoms with Crippen molar-refractivity contribution in [3.8, 4) is 16.3 Å². The smallest absolute Gasteiger partial charge is 0.283 e. The van der Waals surface area contributed by atoms with Gasteiger partial charge in [0.1, 0.15) is 15.6 Å². The van der Waals surface area contributed by atoms with Crippen LogP contribution < -0.4 is 10.2 Å². The summed E-state index contributed by atoms with van der Waals surface area (Å²) in [7, 11) is 3.55. The first kappa shape index (κ1) is 20.1. The average Bonchev–Trinajstić information content (AvgIpc) is 3.31. The maximum absolute atomic E-state index is 12.7. The van der Waals surface area contributed by atoms with Gasteiger partial charge in [-0.05, 0) is 31.2 Å². The first-order valence-electron chi connectivity index (χ1n) is 9.16. The fraction of sp³-hybridized carbons (Fsp3) is 0.136. The number of aromatic nitrogens is 2. The van der Waals surface area contributed by atoms with E-state index < -0.39 is 0 Å². The lowest BCUT2D eigenvalue weighted by molar-refractivity contribution is 0.0958. The number of benzene rings is 2. The number of hydrazone groups is 1. The zero-order chi connectivity index (χ0) is 21.3. The molecule has 2 heterocycles. The van der Waals surface area contributed by atoms with Gasteiger partial charge in [0.05, 0.1) is 30.1 Å². The van der Waals surface area contributed by atoms with Gasteiger partial charge in [-0.2, -0.15) is 5.10 Å². The van der Waals surface area contributed by atoms with Crippen LogP contribution in [0.1, 0.15) is 20.9 Å². The third kappa shape index (κ3) is 3.81. The van der Waals surface area contributed by atoms with Gasteiger partial charge >= 0.3 is 0 Å². The number of amides is 1. The topological polar surface area (TPSA) is 68.5 Å². The second kappa shape index (κ2) is 8.30. The summed E-state index contributed by atoms with van der Waals surface area (Å²) in [4.78, 5) is 17.7. The molecule has 1 N–H and O–H groups in total. The van der Waals surface area contributed by atoms with Gasteiger partial charge in [-0.25, -0.2) is 10.4 Å². The van der Waals surface area contributed by atoms with Crippen molar-refractivity contribution in [2.24, 2.45) is 12.1 Å². The second-order valence-electron chi connectivity index (χ2n) is 6.69. The minimum atomic E-state index is -0.306. The molecule has 30 heavy (non-hydrogen) atoms. The molecule has 0 fully saturated rings. The molecule has 8 heteroatoms. The lowest BCUT2D eigenvalue weighted by Crippen LogP contribution is -2.17. The maximum atomic E-state index is 12.7. The van der Waals surface area contributed by atoms with Crippen LogP contribution in [-0.2, 0) is 7.05 Å². The molecule has 0 aliphatic rings. The summed E-state index contributed by atoms with van der Waals surface area (Å²) < 4.78 is 7.42. The van der Waals surface area contributed by atoms with Crippen LogP contribution in [0.25, 0.3) is 21.5 Å². The molecule has 0 atom stereocenters. The lowest BCUT2D eigenvalue weighted by atomic mass is 10.1. The van der Waals surface area contributed by atoms with Crippen molar-refractivity contribution >= 4 is 46.0 Å². The minimum Gasteiger partial charge on any atom is -0.496 e. The van der Waals surface area contributed by atoms with Crippen molar-refractivity contribution in [3.05, 3.63) is 69.8 Å². The maximum Gasteiger partial charge on any atom is 0.283 e. The summed E-state index contributed by atoms with van der Waals surface area (Å²) in [5, 5.41) is 6.53. The minimum absolute atomic E-state index is 0.306. The van der Waals surface area contributed by atoms with Crippen LogP contribution in [0.5, 0.6) is 5.75 Å². The number of rotatable bonds is 5. The molecule has 0 aliphatic heterocycles. The molecular weight excluding hydrogens is 420 g/mol. The number of hydrogen-bond acceptors (Lipinski definition) is 5. The Hall–Kier alpha value is -3.16. The van der Waals surface area contributed by atoms with Gasteiger partial charge in [-0.15, -0.1) is 11.3 Å². The lowest BCUT2D eigenvalue weighted by Gasteiger charge is -2.05. The number of aryl methyl sites for hydroxylation is 2. The predicted octanol–water partition coefficient (Wildman–Crippen LogP) is 5.04. The number of carbonyl (C=O) groups excluding carboxylic acids is 1. The number of methoxy groups -OCH3 is 1. The quantitative estimate of drug-likeness (QED) is 0.350. The predicted molar refractivity (Wildman–Crippen MR) is 122 cm³/mol. The van der Waals surface area contributed by atoms with Gasteiger partial charge in [0, 0.05) is 29.2 Å². The standard InChI is InChI=1S/C22H19ClN4O2S/c1-13-20(30-22(25-13)17-8-7-16(23)11-18(17)29-3)21(28)26-24-12-15-6-4-5-14-9-10-27(2)19(14)15/h4-12H,1-3H3,(H,26,28). The van der Waals surface area contributed by atoms with Crippen molar-refractivity contribution in [3.63, 3.8) is 0 Å². The molecule has 4 aromatic rings. The number of fused-ring (bicyclic) bond motifs is 1. The number of para-hydroxylation sites is 1. The van der Waals surface area contributed by atoms with E-state index in [-0.39, 0.29) is 5.91 Å². The first-order chi connectivity index (χ1) is 14.5. The Labute approximate surface area is 182 Å². The van der Waals surface area contributed by atoms with Crippen molar-refractivity contribution in [2.75, 3.05) is 7.11 Å². The molecule has 0 radical (unpaired) electrons. The Balaban J connectivity index is 1.56. The molecule has 0 unspecified atom stereocenters. The molecule has 0 aliphatic carbocycles. The van der Waals surface area contributed by atoms with Crippen molar-refractivity contribution < 1.29 is 9.53 Å². The van der Waals surface area contributed by atoms with Crippen LogP contribution in [-0.4, -0.2) is 28.8 Å². The van der Waals surface area contributed by atoms with E-state index in [0.29, 0.717) is 26.4 Å². The Bertz CT molecular complexity index is 1280. The Morgan fingerprint density at radius 2 is 2.13 bits per heavy atom. The van der Waals surface area contributed by atoms with Gasteiger partial charge in [0.15, 0.2) is 0 Å². The summed E-state index contributed by atoms with van der Waals surface area (Å²) in [5.74, 6) is 0.302. The van der Waals surface area contributed by atoms with Crippen molar-refractivity contribution in [1.82, 2.24) is 15.0 Å². The van der Waals surface area contributed by atoms with E-state index >= 15 is 0 Å². The molecule has 4 rings (SSSR count). The highest BCUT2D eigenvalue weighted by Crippen LogP contribution is 2.36. The average molecular weight is 439 g/mol. The number of ether oxygens (including phenoxy) is 1. The zero-order valence-corrected chi connectivity index (χ0v) is 18.2. The van der Waals surface area contributed by atoms with Crippen LogP contribution in [0.15, 0.2) is 53.8 Å². The fourth-order valence-electron chi connectivity index (χ4n) is 3.27. The molecule has 0 spiro atoms. The van der Waals surface area contributed by atoms with Crippen molar-refractivity contribution in [1.29, 1.82) is 0 Å². The molecule has 2 aromatic carbocycles. The fourth-order valence-corrected chi connectivity index (χ4v) is 4.42. The monoisotopic (exact) mass is 438 g/mol. The summed E-state index contributed by atoms with van der Waals surface area (Å²) in [6.45, 7) is 1.80. The largest absolute Gasteiger partial charge is 0.496 e. The molecule has 152 valence electrons. The van der Waals surface area contributed by atoms with E-state index in [9.17, 15) is 4.79 Å². The van der Waals surface area contributed by atoms with E-state index in [4.69, 9.17) is 16.3 Å². The number of nitrogens with zero attached hydrogens (tertiary/aromatic N) is 3. The van der Waals surface area contributed by atoms with E-state index in [1.54, 1.807) is 32.4 Å². The highest BCUT2D eigenvalue weighted by molar-refractivity contribution is 7.17. The van der Waals surface area contributed by atoms with Crippen LogP contribution in [0, 0.1) is 6.92 Å². The summed E-state index contributed by atoms with van der Waals surface area (Å²) in [6, 6.07) is 13.3. The molecule has 0 saturated carbocycles. The summed E-state index contributed by atoms with van der Waals surface area (Å²) in [5.41, 5.74) is 6.00. The van der Waals surface area contributed by atoms with Gasteiger partial charge in [-0.3, -0.25) is 4.79 Å². The Morgan fingerprint density at radius 1 is 1.30 bits per heavy atom.